The second kappa shape index (κ2) is 8.64. The highest BCUT2D eigenvalue weighted by atomic mass is 35.5. The number of rotatable bonds is 4. The molecule has 0 atom stereocenters. The molecule has 30 heavy (non-hydrogen) atoms. The molecule has 0 spiro atoms. The normalized spacial score (nSPS) is 18.6. The summed E-state index contributed by atoms with van der Waals surface area (Å²) in [5.74, 6) is 0.937. The van der Waals surface area contributed by atoms with Crippen LogP contribution < -0.4 is 9.80 Å². The van der Waals surface area contributed by atoms with Crippen LogP contribution in [-0.4, -0.2) is 62.0 Å². The van der Waals surface area contributed by atoms with Gasteiger partial charge in [-0.2, -0.15) is 9.29 Å². The number of benzene rings is 1. The van der Waals surface area contributed by atoms with Crippen LogP contribution in [0.3, 0.4) is 0 Å². The Morgan fingerprint density at radius 1 is 0.933 bits per heavy atom. The van der Waals surface area contributed by atoms with Gasteiger partial charge in [0, 0.05) is 51.0 Å². The van der Waals surface area contributed by atoms with E-state index in [1.165, 1.54) is 29.6 Å². The van der Waals surface area contributed by atoms with Crippen molar-refractivity contribution in [2.24, 2.45) is 0 Å². The van der Waals surface area contributed by atoms with Crippen LogP contribution in [0, 0.1) is 12.7 Å². The summed E-state index contributed by atoms with van der Waals surface area (Å²) in [5, 5.41) is -0.201. The number of aryl methyl sites for hydroxylation is 1. The molecule has 2 fully saturated rings. The fourth-order valence-electron chi connectivity index (χ4n) is 3.88. The standard InChI is InChI=1S/C20H25ClFN5O2S/c1-15-13-19(25-7-3-2-4-8-25)24-20(23-15)26-9-11-27(12-10-26)30(28,29)16-5-6-18(22)17(21)14-16/h5-6,13-14H,2-4,7-12H2,1H3. The Bertz CT molecular complexity index is 1020. The van der Waals surface area contributed by atoms with Crippen molar-refractivity contribution in [3.63, 3.8) is 0 Å². The van der Waals surface area contributed by atoms with E-state index in [0.717, 1.165) is 36.7 Å². The summed E-state index contributed by atoms with van der Waals surface area (Å²) in [6.07, 6.45) is 3.59. The van der Waals surface area contributed by atoms with Gasteiger partial charge in [-0.15, -0.1) is 0 Å². The lowest BCUT2D eigenvalue weighted by Crippen LogP contribution is -2.49. The molecule has 10 heteroatoms. The first-order valence-electron chi connectivity index (χ1n) is 10.2. The second-order valence-electron chi connectivity index (χ2n) is 7.68. The maximum atomic E-state index is 13.4. The van der Waals surface area contributed by atoms with E-state index >= 15 is 0 Å². The SMILES string of the molecule is Cc1cc(N2CCCCC2)nc(N2CCN(S(=O)(=O)c3ccc(F)c(Cl)c3)CC2)n1. The zero-order chi connectivity index (χ0) is 21.3. The molecule has 1 aromatic heterocycles. The van der Waals surface area contributed by atoms with Crippen LogP contribution in [0.4, 0.5) is 16.2 Å². The minimum atomic E-state index is -3.73. The first-order valence-corrected chi connectivity index (χ1v) is 12.0. The average molecular weight is 454 g/mol. The minimum Gasteiger partial charge on any atom is -0.356 e. The number of sulfonamides is 1. The molecule has 0 aliphatic carbocycles. The molecule has 4 rings (SSSR count). The number of piperidine rings is 1. The van der Waals surface area contributed by atoms with E-state index in [-0.39, 0.29) is 9.92 Å². The van der Waals surface area contributed by atoms with Gasteiger partial charge in [0.05, 0.1) is 9.92 Å². The molecular formula is C20H25ClFN5O2S. The lowest BCUT2D eigenvalue weighted by Gasteiger charge is -2.35. The fraction of sp³-hybridized carbons (Fsp3) is 0.500. The van der Waals surface area contributed by atoms with Crippen LogP contribution >= 0.6 is 11.6 Å². The van der Waals surface area contributed by atoms with Crippen LogP contribution in [0.25, 0.3) is 0 Å². The molecule has 2 saturated heterocycles. The van der Waals surface area contributed by atoms with E-state index in [2.05, 4.69) is 9.88 Å². The average Bonchev–Trinajstić information content (AvgIpc) is 2.76. The third-order valence-corrected chi connectivity index (χ3v) is 7.74. The van der Waals surface area contributed by atoms with Gasteiger partial charge in [0.25, 0.3) is 0 Å². The smallest absolute Gasteiger partial charge is 0.243 e. The molecule has 2 aliphatic rings. The lowest BCUT2D eigenvalue weighted by atomic mass is 10.1. The van der Waals surface area contributed by atoms with Gasteiger partial charge < -0.3 is 9.80 Å². The molecule has 3 heterocycles. The van der Waals surface area contributed by atoms with E-state index < -0.39 is 15.8 Å². The van der Waals surface area contributed by atoms with Crippen molar-refractivity contribution in [2.75, 3.05) is 49.1 Å². The van der Waals surface area contributed by atoms with Gasteiger partial charge in [-0.1, -0.05) is 11.6 Å². The van der Waals surface area contributed by atoms with Crippen LogP contribution in [0.5, 0.6) is 0 Å². The lowest BCUT2D eigenvalue weighted by molar-refractivity contribution is 0.382. The third-order valence-electron chi connectivity index (χ3n) is 5.56. The summed E-state index contributed by atoms with van der Waals surface area (Å²) < 4.78 is 40.6. The molecule has 1 aromatic carbocycles. The predicted octanol–water partition coefficient (Wildman–Crippen LogP) is 3.08. The highest BCUT2D eigenvalue weighted by Gasteiger charge is 2.30. The maximum Gasteiger partial charge on any atom is 0.243 e. The van der Waals surface area contributed by atoms with Crippen molar-refractivity contribution in [1.29, 1.82) is 0 Å². The van der Waals surface area contributed by atoms with Crippen LogP contribution in [-0.2, 0) is 10.0 Å². The summed E-state index contributed by atoms with van der Waals surface area (Å²) in [5.41, 5.74) is 0.900. The monoisotopic (exact) mass is 453 g/mol. The molecule has 0 amide bonds. The van der Waals surface area contributed by atoms with Gasteiger partial charge in [-0.25, -0.2) is 17.8 Å². The van der Waals surface area contributed by atoms with Crippen LogP contribution in [0.2, 0.25) is 5.02 Å². The Kier molecular flexibility index (Phi) is 6.13. The molecule has 0 bridgehead atoms. The first kappa shape index (κ1) is 21.3. The molecule has 0 radical (unpaired) electrons. The van der Waals surface area contributed by atoms with Crippen molar-refractivity contribution in [3.05, 3.63) is 40.8 Å². The quantitative estimate of drug-likeness (QED) is 0.708. The summed E-state index contributed by atoms with van der Waals surface area (Å²) in [4.78, 5) is 13.7. The molecule has 7 nitrogen and oxygen atoms in total. The van der Waals surface area contributed by atoms with E-state index in [9.17, 15) is 12.8 Å². The van der Waals surface area contributed by atoms with Crippen molar-refractivity contribution in [1.82, 2.24) is 14.3 Å². The largest absolute Gasteiger partial charge is 0.356 e. The van der Waals surface area contributed by atoms with Gasteiger partial charge in [-0.05, 0) is 44.4 Å². The maximum absolute atomic E-state index is 13.4. The number of anilines is 2. The van der Waals surface area contributed by atoms with Crippen LogP contribution in [0.15, 0.2) is 29.2 Å². The van der Waals surface area contributed by atoms with Gasteiger partial charge >= 0.3 is 0 Å². The van der Waals surface area contributed by atoms with Gasteiger partial charge in [0.15, 0.2) is 0 Å². The predicted molar refractivity (Wildman–Crippen MR) is 115 cm³/mol. The Morgan fingerprint density at radius 3 is 2.30 bits per heavy atom. The molecule has 0 N–H and O–H groups in total. The van der Waals surface area contributed by atoms with Crippen molar-refractivity contribution >= 4 is 33.4 Å². The zero-order valence-corrected chi connectivity index (χ0v) is 18.5. The van der Waals surface area contributed by atoms with E-state index in [1.807, 2.05) is 17.9 Å². The number of hydrogen-bond acceptors (Lipinski definition) is 6. The molecule has 162 valence electrons. The number of nitrogens with zero attached hydrogens (tertiary/aromatic N) is 5. The molecule has 2 aliphatic heterocycles. The summed E-state index contributed by atoms with van der Waals surface area (Å²) in [6, 6.07) is 5.49. The van der Waals surface area contributed by atoms with Crippen LogP contribution in [0.1, 0.15) is 25.0 Å². The molecule has 2 aromatic rings. The first-order chi connectivity index (χ1) is 14.3. The summed E-state index contributed by atoms with van der Waals surface area (Å²) in [6.45, 7) is 5.53. The highest BCUT2D eigenvalue weighted by Crippen LogP contribution is 2.25. The zero-order valence-electron chi connectivity index (χ0n) is 16.9. The topological polar surface area (TPSA) is 69.6 Å². The van der Waals surface area contributed by atoms with Crippen molar-refractivity contribution in [3.8, 4) is 0 Å². The van der Waals surface area contributed by atoms with Gasteiger partial charge in [0.1, 0.15) is 11.6 Å². The molecule has 0 saturated carbocycles. The van der Waals surface area contributed by atoms with Gasteiger partial charge in [0.2, 0.25) is 16.0 Å². The van der Waals surface area contributed by atoms with Gasteiger partial charge in [-0.3, -0.25) is 0 Å². The highest BCUT2D eigenvalue weighted by molar-refractivity contribution is 7.89. The Hall–Kier alpha value is -1.97. The van der Waals surface area contributed by atoms with E-state index in [1.54, 1.807) is 0 Å². The fourth-order valence-corrected chi connectivity index (χ4v) is 5.57. The van der Waals surface area contributed by atoms with Crippen molar-refractivity contribution in [2.45, 2.75) is 31.1 Å². The summed E-state index contributed by atoms with van der Waals surface area (Å²) >= 11 is 5.77. The Morgan fingerprint density at radius 2 is 1.63 bits per heavy atom. The Balaban J connectivity index is 1.48. The van der Waals surface area contributed by atoms with Crippen molar-refractivity contribution < 1.29 is 12.8 Å². The minimum absolute atomic E-state index is 0.00143. The second-order valence-corrected chi connectivity index (χ2v) is 10.0. The molecular weight excluding hydrogens is 429 g/mol. The third kappa shape index (κ3) is 4.38. The van der Waals surface area contributed by atoms with E-state index in [0.29, 0.717) is 32.1 Å². The Labute approximate surface area is 181 Å². The number of halogens is 2. The number of hydrogen-bond donors (Lipinski definition) is 0. The number of piperazine rings is 1. The number of aromatic nitrogens is 2. The van der Waals surface area contributed by atoms with E-state index in [4.69, 9.17) is 16.6 Å². The summed E-state index contributed by atoms with van der Waals surface area (Å²) in [7, 11) is -3.73. The molecule has 0 unspecified atom stereocenters.